The summed E-state index contributed by atoms with van der Waals surface area (Å²) in [5.41, 5.74) is 2.31. The number of aryl methyl sites for hydroxylation is 1. The number of hydrogen-bond acceptors (Lipinski definition) is 4. The molecule has 0 spiro atoms. The van der Waals surface area contributed by atoms with Crippen LogP contribution in [0.4, 0.5) is 5.69 Å². The van der Waals surface area contributed by atoms with Crippen LogP contribution in [-0.2, 0) is 4.79 Å². The lowest BCUT2D eigenvalue weighted by Crippen LogP contribution is -2.29. The van der Waals surface area contributed by atoms with Crippen LogP contribution in [-0.4, -0.2) is 27.6 Å². The van der Waals surface area contributed by atoms with Gasteiger partial charge >= 0.3 is 0 Å². The molecule has 132 valence electrons. The molecule has 0 bridgehead atoms. The van der Waals surface area contributed by atoms with Gasteiger partial charge in [0.05, 0.1) is 4.91 Å². The van der Waals surface area contributed by atoms with E-state index >= 15 is 0 Å². The van der Waals surface area contributed by atoms with Crippen LogP contribution >= 0.6 is 27.7 Å². The van der Waals surface area contributed by atoms with E-state index in [1.54, 1.807) is 23.1 Å². The maximum atomic E-state index is 12.7. The Morgan fingerprint density at radius 3 is 2.65 bits per heavy atom. The minimum absolute atomic E-state index is 0.0921. The van der Waals surface area contributed by atoms with Gasteiger partial charge in [-0.25, -0.2) is 4.99 Å². The van der Waals surface area contributed by atoms with E-state index in [0.717, 1.165) is 15.6 Å². The SMILES string of the molecule is C=CCN1C(=O)/C(=C/c2ccc(Br)cc2)SC1=Nc1ccc(C)cc1O. The van der Waals surface area contributed by atoms with Gasteiger partial charge < -0.3 is 5.11 Å². The first-order valence-corrected chi connectivity index (χ1v) is 9.55. The second kappa shape index (κ2) is 7.93. The van der Waals surface area contributed by atoms with Gasteiger partial charge in [-0.15, -0.1) is 6.58 Å². The molecule has 6 heteroatoms. The molecule has 0 saturated carbocycles. The van der Waals surface area contributed by atoms with Gasteiger partial charge in [0.1, 0.15) is 11.4 Å². The lowest BCUT2D eigenvalue weighted by atomic mass is 10.2. The third kappa shape index (κ3) is 4.08. The highest BCUT2D eigenvalue weighted by molar-refractivity contribution is 9.10. The van der Waals surface area contributed by atoms with Crippen molar-refractivity contribution in [1.29, 1.82) is 0 Å². The predicted octanol–water partition coefficient (Wildman–Crippen LogP) is 5.25. The Balaban J connectivity index is 1.97. The second-order valence-corrected chi connectivity index (χ2v) is 7.68. The first-order valence-electron chi connectivity index (χ1n) is 7.94. The van der Waals surface area contributed by atoms with Crippen LogP contribution in [0.1, 0.15) is 11.1 Å². The summed E-state index contributed by atoms with van der Waals surface area (Å²) < 4.78 is 0.982. The highest BCUT2D eigenvalue weighted by Crippen LogP contribution is 2.36. The smallest absolute Gasteiger partial charge is 0.267 e. The maximum Gasteiger partial charge on any atom is 0.267 e. The van der Waals surface area contributed by atoms with Gasteiger partial charge in [0, 0.05) is 11.0 Å². The van der Waals surface area contributed by atoms with Crippen molar-refractivity contribution in [2.45, 2.75) is 6.92 Å². The molecule has 26 heavy (non-hydrogen) atoms. The van der Waals surface area contributed by atoms with E-state index < -0.39 is 0 Å². The molecule has 0 aliphatic carbocycles. The summed E-state index contributed by atoms with van der Waals surface area (Å²) in [4.78, 5) is 19.4. The van der Waals surface area contributed by atoms with Crippen LogP contribution in [0, 0.1) is 6.92 Å². The van der Waals surface area contributed by atoms with Crippen LogP contribution in [0.25, 0.3) is 6.08 Å². The third-order valence-electron chi connectivity index (χ3n) is 3.71. The first kappa shape index (κ1) is 18.5. The monoisotopic (exact) mass is 428 g/mol. The maximum absolute atomic E-state index is 12.7. The Bertz CT molecular complexity index is 920. The zero-order chi connectivity index (χ0) is 18.7. The highest BCUT2D eigenvalue weighted by Gasteiger charge is 2.32. The molecule has 1 saturated heterocycles. The van der Waals surface area contributed by atoms with Crippen LogP contribution < -0.4 is 0 Å². The van der Waals surface area contributed by atoms with E-state index in [9.17, 15) is 9.90 Å². The molecule has 2 aromatic rings. The van der Waals surface area contributed by atoms with E-state index in [2.05, 4.69) is 27.5 Å². The van der Waals surface area contributed by atoms with Crippen LogP contribution in [0.15, 0.2) is 69.5 Å². The zero-order valence-corrected chi connectivity index (χ0v) is 16.5. The Hall–Kier alpha value is -2.31. The van der Waals surface area contributed by atoms with Gasteiger partial charge in [-0.1, -0.05) is 40.2 Å². The quantitative estimate of drug-likeness (QED) is 0.533. The molecule has 2 aromatic carbocycles. The Morgan fingerprint density at radius 2 is 2.00 bits per heavy atom. The predicted molar refractivity (Wildman–Crippen MR) is 112 cm³/mol. The summed E-state index contributed by atoms with van der Waals surface area (Å²) in [6.45, 7) is 5.97. The highest BCUT2D eigenvalue weighted by atomic mass is 79.9. The third-order valence-corrected chi connectivity index (χ3v) is 5.25. The minimum Gasteiger partial charge on any atom is -0.506 e. The van der Waals surface area contributed by atoms with E-state index in [4.69, 9.17) is 0 Å². The van der Waals surface area contributed by atoms with E-state index in [0.29, 0.717) is 22.3 Å². The van der Waals surface area contributed by atoms with E-state index in [1.165, 1.54) is 11.8 Å². The number of carbonyl (C=O) groups excluding carboxylic acids is 1. The summed E-state index contributed by atoms with van der Waals surface area (Å²) >= 11 is 4.69. The molecular weight excluding hydrogens is 412 g/mol. The average molecular weight is 429 g/mol. The van der Waals surface area contributed by atoms with Gasteiger partial charge in [0.25, 0.3) is 5.91 Å². The molecular formula is C20H17BrN2O2S. The Morgan fingerprint density at radius 1 is 1.27 bits per heavy atom. The number of rotatable bonds is 4. The van der Waals surface area contributed by atoms with Gasteiger partial charge in [-0.3, -0.25) is 9.69 Å². The number of aliphatic imine (C=N–C) groups is 1. The van der Waals surface area contributed by atoms with Crippen molar-refractivity contribution in [2.24, 2.45) is 4.99 Å². The van der Waals surface area contributed by atoms with E-state index in [1.807, 2.05) is 43.3 Å². The van der Waals surface area contributed by atoms with Crippen molar-refractivity contribution in [3.63, 3.8) is 0 Å². The molecule has 4 nitrogen and oxygen atoms in total. The van der Waals surface area contributed by atoms with Crippen molar-refractivity contribution in [3.05, 3.63) is 75.6 Å². The summed E-state index contributed by atoms with van der Waals surface area (Å²) in [5, 5.41) is 10.6. The van der Waals surface area contributed by atoms with E-state index in [-0.39, 0.29) is 11.7 Å². The summed E-state index contributed by atoms with van der Waals surface area (Å²) in [5.74, 6) is -0.0300. The van der Waals surface area contributed by atoms with Crippen LogP contribution in [0.5, 0.6) is 5.75 Å². The number of amidine groups is 1. The zero-order valence-electron chi connectivity index (χ0n) is 14.1. The largest absolute Gasteiger partial charge is 0.506 e. The normalized spacial score (nSPS) is 17.3. The van der Waals surface area contributed by atoms with Gasteiger partial charge in [0.15, 0.2) is 5.17 Å². The standard InChI is InChI=1S/C20H17BrN2O2S/c1-3-10-23-19(25)18(12-14-5-7-15(21)8-6-14)26-20(23)22-16-9-4-13(2)11-17(16)24/h3-9,11-12,24H,1,10H2,2H3/b18-12-,22-20?. The van der Waals surface area contributed by atoms with Crippen LogP contribution in [0.2, 0.25) is 0 Å². The minimum atomic E-state index is -0.122. The van der Waals surface area contributed by atoms with Gasteiger partial charge in [-0.05, 0) is 60.2 Å². The lowest BCUT2D eigenvalue weighted by Gasteiger charge is -2.12. The fraction of sp³-hybridized carbons (Fsp3) is 0.100. The number of benzene rings is 2. The van der Waals surface area contributed by atoms with Gasteiger partial charge in [0.2, 0.25) is 0 Å². The molecule has 0 atom stereocenters. The molecule has 3 rings (SSSR count). The second-order valence-electron chi connectivity index (χ2n) is 5.75. The number of hydrogen-bond donors (Lipinski definition) is 1. The fourth-order valence-electron chi connectivity index (χ4n) is 2.42. The topological polar surface area (TPSA) is 52.9 Å². The Kier molecular flexibility index (Phi) is 5.64. The fourth-order valence-corrected chi connectivity index (χ4v) is 3.69. The molecule has 1 N–H and O–H groups in total. The lowest BCUT2D eigenvalue weighted by molar-refractivity contribution is -0.121. The summed E-state index contributed by atoms with van der Waals surface area (Å²) in [6.07, 6.45) is 3.50. The van der Waals surface area contributed by atoms with Crippen molar-refractivity contribution < 1.29 is 9.90 Å². The molecule has 1 fully saturated rings. The van der Waals surface area contributed by atoms with Crippen molar-refractivity contribution in [1.82, 2.24) is 4.90 Å². The molecule has 1 aliphatic rings. The average Bonchev–Trinajstić information content (AvgIpc) is 2.89. The number of phenols is 1. The first-order chi connectivity index (χ1) is 12.5. The molecule has 0 unspecified atom stereocenters. The number of carbonyl (C=O) groups is 1. The molecule has 1 aliphatic heterocycles. The number of halogens is 1. The number of thioether (sulfide) groups is 1. The number of amides is 1. The molecule has 0 aromatic heterocycles. The van der Waals surface area contributed by atoms with Crippen LogP contribution in [0.3, 0.4) is 0 Å². The number of aromatic hydroxyl groups is 1. The van der Waals surface area contributed by atoms with Crippen molar-refractivity contribution in [3.8, 4) is 5.75 Å². The molecule has 1 heterocycles. The Labute approximate surface area is 165 Å². The molecule has 0 radical (unpaired) electrons. The molecule has 1 amide bonds. The summed E-state index contributed by atoms with van der Waals surface area (Å²) in [6, 6.07) is 13.0. The van der Waals surface area contributed by atoms with Crippen molar-refractivity contribution in [2.75, 3.05) is 6.54 Å². The number of nitrogens with zero attached hydrogens (tertiary/aromatic N) is 2. The van der Waals surface area contributed by atoms with Crippen molar-refractivity contribution >= 4 is 50.5 Å². The number of phenolic OH excluding ortho intramolecular Hbond substituents is 1. The summed E-state index contributed by atoms with van der Waals surface area (Å²) in [7, 11) is 0. The van der Waals surface area contributed by atoms with Gasteiger partial charge in [-0.2, -0.15) is 0 Å².